The first kappa shape index (κ1) is 13.8. The molecular formula is C11H15N5O5. The summed E-state index contributed by atoms with van der Waals surface area (Å²) in [6, 6.07) is 0. The molecule has 3 rings (SSSR count). The van der Waals surface area contributed by atoms with E-state index in [0.29, 0.717) is 11.2 Å². The van der Waals surface area contributed by atoms with Gasteiger partial charge in [-0.2, -0.15) is 5.10 Å². The lowest BCUT2D eigenvalue weighted by Gasteiger charge is -2.17. The molecule has 1 saturated heterocycles. The molecule has 2 aromatic heterocycles. The highest BCUT2D eigenvalue weighted by molar-refractivity contribution is 6.02. The van der Waals surface area contributed by atoms with E-state index in [1.54, 1.807) is 12.4 Å². The Labute approximate surface area is 118 Å². The second kappa shape index (κ2) is 5.00. The zero-order valence-electron chi connectivity index (χ0n) is 10.8. The van der Waals surface area contributed by atoms with E-state index < -0.39 is 31.1 Å². The number of fused-ring (bicyclic) bond motifs is 1. The predicted molar refractivity (Wildman–Crippen MR) is 68.7 cm³/mol. The van der Waals surface area contributed by atoms with Crippen molar-refractivity contribution in [3.05, 3.63) is 24.2 Å². The van der Waals surface area contributed by atoms with Crippen LogP contribution < -0.4 is 5.73 Å². The highest BCUT2D eigenvalue weighted by Crippen LogP contribution is 2.31. The van der Waals surface area contributed by atoms with Crippen molar-refractivity contribution >= 4 is 11.5 Å². The molecule has 0 amide bonds. The summed E-state index contributed by atoms with van der Waals surface area (Å²) in [5, 5.41) is 44.8. The van der Waals surface area contributed by atoms with E-state index >= 15 is 0 Å². The molecule has 0 radical (unpaired) electrons. The number of ether oxygens (including phenoxy) is 1. The molecule has 114 valence electrons. The van der Waals surface area contributed by atoms with E-state index in [1.165, 1.54) is 15.3 Å². The summed E-state index contributed by atoms with van der Waals surface area (Å²) in [5.74, 6) is -0.142. The van der Waals surface area contributed by atoms with Gasteiger partial charge in [0.1, 0.15) is 24.0 Å². The highest BCUT2D eigenvalue weighted by atomic mass is 16.6. The largest absolute Gasteiger partial charge is 0.409 e. The average Bonchev–Trinajstić information content (AvgIpc) is 3.14. The third-order valence-electron chi connectivity index (χ3n) is 3.56. The molecule has 0 aliphatic carbocycles. The van der Waals surface area contributed by atoms with Crippen LogP contribution in [0.1, 0.15) is 11.8 Å². The predicted octanol–water partition coefficient (Wildman–Crippen LogP) is -2.16. The van der Waals surface area contributed by atoms with Crippen LogP contribution in [0, 0.1) is 0 Å². The summed E-state index contributed by atoms with van der Waals surface area (Å²) in [5.41, 5.74) is 6.37. The van der Waals surface area contributed by atoms with Crippen LogP contribution >= 0.6 is 0 Å². The lowest BCUT2D eigenvalue weighted by Crippen LogP contribution is -2.33. The smallest absolute Gasteiger partial charge is 0.175 e. The fourth-order valence-corrected chi connectivity index (χ4v) is 2.48. The van der Waals surface area contributed by atoms with Crippen molar-refractivity contribution in [2.45, 2.75) is 24.5 Å². The Hall–Kier alpha value is -2.14. The molecule has 0 saturated carbocycles. The SMILES string of the molecule is NC(=NO)c1cnn2ccn([C@@H]3O[C@H](CO)[C@@H](O)[C@H]3O)c12. The Morgan fingerprint density at radius 3 is 2.76 bits per heavy atom. The summed E-state index contributed by atoms with van der Waals surface area (Å²) >= 11 is 0. The number of imidazole rings is 1. The Kier molecular flexibility index (Phi) is 3.29. The number of aliphatic hydroxyl groups is 3. The third-order valence-corrected chi connectivity index (χ3v) is 3.56. The van der Waals surface area contributed by atoms with Gasteiger partial charge in [-0.1, -0.05) is 5.16 Å². The van der Waals surface area contributed by atoms with Crippen LogP contribution in [0.2, 0.25) is 0 Å². The van der Waals surface area contributed by atoms with E-state index in [-0.39, 0.29) is 5.84 Å². The number of hydrogen-bond acceptors (Lipinski definition) is 7. The van der Waals surface area contributed by atoms with Gasteiger partial charge in [-0.15, -0.1) is 0 Å². The molecule has 1 aliphatic rings. The number of nitrogens with zero attached hydrogens (tertiary/aromatic N) is 4. The number of hydrogen-bond donors (Lipinski definition) is 5. The number of oxime groups is 1. The fourth-order valence-electron chi connectivity index (χ4n) is 2.48. The maximum atomic E-state index is 10.1. The molecule has 6 N–H and O–H groups in total. The van der Waals surface area contributed by atoms with Gasteiger partial charge in [-0.3, -0.25) is 0 Å². The minimum Gasteiger partial charge on any atom is -0.409 e. The Morgan fingerprint density at radius 2 is 2.14 bits per heavy atom. The zero-order chi connectivity index (χ0) is 15.1. The molecule has 0 aromatic carbocycles. The van der Waals surface area contributed by atoms with E-state index in [9.17, 15) is 10.2 Å². The van der Waals surface area contributed by atoms with Gasteiger partial charge < -0.3 is 35.6 Å². The second-order valence-corrected chi connectivity index (χ2v) is 4.75. The summed E-state index contributed by atoms with van der Waals surface area (Å²) in [6.45, 7) is -0.418. The lowest BCUT2D eigenvalue weighted by atomic mass is 10.1. The molecule has 0 unspecified atom stereocenters. The molecule has 2 aromatic rings. The zero-order valence-corrected chi connectivity index (χ0v) is 10.8. The van der Waals surface area contributed by atoms with Gasteiger partial charge in [0.15, 0.2) is 12.1 Å². The Morgan fingerprint density at radius 1 is 1.38 bits per heavy atom. The Bertz CT molecular complexity index is 680. The first-order valence-electron chi connectivity index (χ1n) is 6.23. The summed E-state index contributed by atoms with van der Waals surface area (Å²) in [7, 11) is 0. The van der Waals surface area contributed by atoms with Gasteiger partial charge in [0, 0.05) is 12.4 Å². The van der Waals surface area contributed by atoms with E-state index in [2.05, 4.69) is 10.3 Å². The average molecular weight is 297 g/mol. The van der Waals surface area contributed by atoms with Crippen molar-refractivity contribution in [3.63, 3.8) is 0 Å². The summed E-state index contributed by atoms with van der Waals surface area (Å²) in [4.78, 5) is 0. The quantitative estimate of drug-likeness (QED) is 0.187. The second-order valence-electron chi connectivity index (χ2n) is 4.75. The van der Waals surface area contributed by atoms with Gasteiger partial charge in [0.25, 0.3) is 0 Å². The molecule has 10 heteroatoms. The maximum Gasteiger partial charge on any atom is 0.175 e. The lowest BCUT2D eigenvalue weighted by molar-refractivity contribution is -0.0508. The summed E-state index contributed by atoms with van der Waals surface area (Å²) < 4.78 is 8.42. The van der Waals surface area contributed by atoms with Crippen molar-refractivity contribution in [2.75, 3.05) is 6.61 Å². The van der Waals surface area contributed by atoms with Crippen LogP contribution in [-0.4, -0.2) is 65.5 Å². The van der Waals surface area contributed by atoms with Crippen molar-refractivity contribution < 1.29 is 25.3 Å². The van der Waals surface area contributed by atoms with Gasteiger partial charge in [0.2, 0.25) is 0 Å². The van der Waals surface area contributed by atoms with Crippen LogP contribution in [0.25, 0.3) is 5.65 Å². The molecule has 1 aliphatic heterocycles. The van der Waals surface area contributed by atoms with Crippen LogP contribution in [0.4, 0.5) is 0 Å². The number of rotatable bonds is 3. The first-order valence-corrected chi connectivity index (χ1v) is 6.23. The number of aromatic nitrogens is 3. The van der Waals surface area contributed by atoms with Crippen molar-refractivity contribution in [1.29, 1.82) is 0 Å². The first-order chi connectivity index (χ1) is 10.1. The molecule has 0 bridgehead atoms. The molecule has 21 heavy (non-hydrogen) atoms. The number of amidine groups is 1. The third kappa shape index (κ3) is 1.96. The fraction of sp³-hybridized carbons (Fsp3) is 0.455. The van der Waals surface area contributed by atoms with Crippen LogP contribution in [-0.2, 0) is 4.74 Å². The van der Waals surface area contributed by atoms with Crippen LogP contribution in [0.5, 0.6) is 0 Å². The topological polar surface area (TPSA) is 151 Å². The molecular weight excluding hydrogens is 282 g/mol. The molecule has 0 spiro atoms. The van der Waals surface area contributed by atoms with Crippen molar-refractivity contribution in [1.82, 2.24) is 14.2 Å². The summed E-state index contributed by atoms with van der Waals surface area (Å²) in [6.07, 6.45) is 0.336. The van der Waals surface area contributed by atoms with Crippen molar-refractivity contribution in [2.24, 2.45) is 10.9 Å². The van der Waals surface area contributed by atoms with Gasteiger partial charge in [-0.25, -0.2) is 4.52 Å². The normalized spacial score (nSPS) is 30.3. The number of nitrogens with two attached hydrogens (primary N) is 1. The van der Waals surface area contributed by atoms with Crippen LogP contribution in [0.15, 0.2) is 23.7 Å². The van der Waals surface area contributed by atoms with E-state index in [4.69, 9.17) is 20.8 Å². The van der Waals surface area contributed by atoms with E-state index in [1.807, 2.05) is 0 Å². The molecule has 10 nitrogen and oxygen atoms in total. The monoisotopic (exact) mass is 297 g/mol. The number of aliphatic hydroxyl groups excluding tert-OH is 3. The van der Waals surface area contributed by atoms with Gasteiger partial charge in [0.05, 0.1) is 18.4 Å². The molecule has 3 heterocycles. The van der Waals surface area contributed by atoms with Gasteiger partial charge in [-0.05, 0) is 0 Å². The molecule has 4 atom stereocenters. The van der Waals surface area contributed by atoms with Crippen LogP contribution in [0.3, 0.4) is 0 Å². The highest BCUT2D eigenvalue weighted by Gasteiger charge is 2.43. The standard InChI is InChI=1S/C11H15N5O5/c12-9(14-20)5-3-13-16-2-1-15(10(5)16)11-8(19)7(18)6(4-17)21-11/h1-3,6-8,11,17-20H,4H2,(H2,12,14)/t6-,7-,8-,11-/m1/s1. The molecule has 1 fully saturated rings. The Balaban J connectivity index is 2.07. The van der Waals surface area contributed by atoms with Gasteiger partial charge >= 0.3 is 0 Å². The maximum absolute atomic E-state index is 10.1. The minimum absolute atomic E-state index is 0.142. The minimum atomic E-state index is -1.23. The van der Waals surface area contributed by atoms with Crippen molar-refractivity contribution in [3.8, 4) is 0 Å². The van der Waals surface area contributed by atoms with E-state index in [0.717, 1.165) is 0 Å².